The molecule has 1 saturated heterocycles. The monoisotopic (exact) mass is 533 g/mol. The summed E-state index contributed by atoms with van der Waals surface area (Å²) >= 11 is 0. The van der Waals surface area contributed by atoms with Crippen LogP contribution in [0, 0.1) is 0 Å². The maximum Gasteiger partial charge on any atom is 0.243 e. The highest BCUT2D eigenvalue weighted by Crippen LogP contribution is 2.29. The Kier molecular flexibility index (Phi) is 7.46. The van der Waals surface area contributed by atoms with Crippen molar-refractivity contribution < 1.29 is 17.9 Å². The number of benzene rings is 3. The summed E-state index contributed by atoms with van der Waals surface area (Å²) in [6.45, 7) is 3.99. The fourth-order valence-electron chi connectivity index (χ4n) is 4.61. The number of rotatable bonds is 8. The van der Waals surface area contributed by atoms with Gasteiger partial charge in [0.15, 0.2) is 0 Å². The highest BCUT2D eigenvalue weighted by molar-refractivity contribution is 7.89. The third-order valence-corrected chi connectivity index (χ3v) is 8.76. The van der Waals surface area contributed by atoms with Crippen LogP contribution in [0.4, 0.5) is 11.5 Å². The topological polar surface area (TPSA) is 96.9 Å². The van der Waals surface area contributed by atoms with Crippen molar-refractivity contribution >= 4 is 32.4 Å². The van der Waals surface area contributed by atoms with Crippen molar-refractivity contribution in [1.82, 2.24) is 19.2 Å². The molecular formula is C28H31N5O4S. The molecular weight excluding hydrogens is 502 g/mol. The standard InChI is InChI=1S/C28H31N5O4S/c1-20(32-15-17-33(18-16-32)38(34,35)24-13-11-22(36-2)12-14-24)27-30-26-10-5-4-9-25(26)28(31-27)29-21-7-6-8-23(19-21)37-3/h4-14,19-20H,15-18H2,1-3H3,(H,29,30,31). The lowest BCUT2D eigenvalue weighted by molar-refractivity contribution is 0.141. The number of fused-ring (bicyclic) bond motifs is 1. The largest absolute Gasteiger partial charge is 0.497 e. The predicted molar refractivity (Wildman–Crippen MR) is 148 cm³/mol. The summed E-state index contributed by atoms with van der Waals surface area (Å²) in [4.78, 5) is 12.3. The van der Waals surface area contributed by atoms with Gasteiger partial charge in [-0.1, -0.05) is 18.2 Å². The molecule has 0 bridgehead atoms. The second-order valence-electron chi connectivity index (χ2n) is 9.10. The van der Waals surface area contributed by atoms with Gasteiger partial charge in [0.2, 0.25) is 10.0 Å². The van der Waals surface area contributed by atoms with Gasteiger partial charge in [0.05, 0.1) is 30.7 Å². The van der Waals surface area contributed by atoms with Gasteiger partial charge in [0.25, 0.3) is 0 Å². The molecule has 9 nitrogen and oxygen atoms in total. The molecule has 1 aromatic heterocycles. The van der Waals surface area contributed by atoms with Crippen LogP contribution in [0.2, 0.25) is 0 Å². The average Bonchev–Trinajstić information content (AvgIpc) is 2.97. The molecule has 1 N–H and O–H groups in total. The van der Waals surface area contributed by atoms with Crippen LogP contribution in [-0.4, -0.2) is 68.0 Å². The Morgan fingerprint density at radius 2 is 1.55 bits per heavy atom. The Labute approximate surface area is 223 Å². The molecule has 1 unspecified atom stereocenters. The number of hydrogen-bond acceptors (Lipinski definition) is 8. The van der Waals surface area contributed by atoms with Crippen LogP contribution >= 0.6 is 0 Å². The zero-order chi connectivity index (χ0) is 26.7. The quantitative estimate of drug-likeness (QED) is 0.355. The number of hydrogen-bond donors (Lipinski definition) is 1. The number of aromatic nitrogens is 2. The minimum Gasteiger partial charge on any atom is -0.497 e. The van der Waals surface area contributed by atoms with Crippen LogP contribution in [0.15, 0.2) is 77.7 Å². The number of para-hydroxylation sites is 1. The van der Waals surface area contributed by atoms with Crippen LogP contribution in [0.1, 0.15) is 18.8 Å². The highest BCUT2D eigenvalue weighted by Gasteiger charge is 2.31. The van der Waals surface area contributed by atoms with Crippen molar-refractivity contribution in [2.24, 2.45) is 0 Å². The summed E-state index contributed by atoms with van der Waals surface area (Å²) in [6.07, 6.45) is 0. The van der Waals surface area contributed by atoms with E-state index in [1.165, 1.54) is 4.31 Å². The molecule has 0 aliphatic carbocycles. The summed E-state index contributed by atoms with van der Waals surface area (Å²) in [7, 11) is -0.381. The smallest absolute Gasteiger partial charge is 0.243 e. The van der Waals surface area contributed by atoms with Gasteiger partial charge >= 0.3 is 0 Å². The number of piperazine rings is 1. The van der Waals surface area contributed by atoms with Gasteiger partial charge in [-0.15, -0.1) is 0 Å². The second kappa shape index (κ2) is 10.9. The van der Waals surface area contributed by atoms with Crippen molar-refractivity contribution in [3.8, 4) is 11.5 Å². The maximum absolute atomic E-state index is 13.2. The Hall–Kier alpha value is -3.73. The van der Waals surface area contributed by atoms with E-state index in [0.717, 1.165) is 22.3 Å². The molecule has 0 spiro atoms. The molecule has 5 rings (SSSR count). The lowest BCUT2D eigenvalue weighted by Crippen LogP contribution is -2.49. The minimum absolute atomic E-state index is 0.101. The van der Waals surface area contributed by atoms with Gasteiger partial charge in [-0.3, -0.25) is 4.90 Å². The number of anilines is 2. The van der Waals surface area contributed by atoms with Crippen LogP contribution in [0.25, 0.3) is 10.9 Å². The molecule has 10 heteroatoms. The first-order valence-electron chi connectivity index (χ1n) is 12.4. The molecule has 0 saturated carbocycles. The van der Waals surface area contributed by atoms with Crippen LogP contribution in [-0.2, 0) is 10.0 Å². The van der Waals surface area contributed by atoms with E-state index in [0.29, 0.717) is 43.6 Å². The lowest BCUT2D eigenvalue weighted by atomic mass is 10.2. The van der Waals surface area contributed by atoms with Gasteiger partial charge < -0.3 is 14.8 Å². The first kappa shape index (κ1) is 25.9. The van der Waals surface area contributed by atoms with Crippen LogP contribution < -0.4 is 14.8 Å². The number of nitrogens with zero attached hydrogens (tertiary/aromatic N) is 4. The normalized spacial score (nSPS) is 15.8. The Balaban J connectivity index is 1.34. The SMILES string of the molecule is COc1ccc(S(=O)(=O)N2CCN(C(C)c3nc(Nc4cccc(OC)c4)c4ccccc4n3)CC2)cc1. The number of methoxy groups -OCH3 is 2. The van der Waals surface area contributed by atoms with Crippen LogP contribution in [0.3, 0.4) is 0 Å². The van der Waals surface area contributed by atoms with Crippen LogP contribution in [0.5, 0.6) is 11.5 Å². The van der Waals surface area contributed by atoms with Crippen molar-refractivity contribution in [1.29, 1.82) is 0 Å². The molecule has 1 aliphatic rings. The second-order valence-corrected chi connectivity index (χ2v) is 11.0. The van der Waals surface area contributed by atoms with E-state index in [2.05, 4.69) is 17.1 Å². The number of ether oxygens (including phenoxy) is 2. The average molecular weight is 534 g/mol. The lowest BCUT2D eigenvalue weighted by Gasteiger charge is -2.36. The van der Waals surface area contributed by atoms with E-state index in [4.69, 9.17) is 19.4 Å². The number of nitrogens with one attached hydrogen (secondary N) is 1. The molecule has 198 valence electrons. The molecule has 1 fully saturated rings. The molecule has 0 amide bonds. The molecule has 38 heavy (non-hydrogen) atoms. The predicted octanol–water partition coefficient (Wildman–Crippen LogP) is 4.46. The Morgan fingerprint density at radius 3 is 2.26 bits per heavy atom. The van der Waals surface area contributed by atoms with E-state index < -0.39 is 10.0 Å². The van der Waals surface area contributed by atoms with Crippen molar-refractivity contribution in [2.75, 3.05) is 45.7 Å². The Bertz CT molecular complexity index is 1520. The van der Waals surface area contributed by atoms with Gasteiger partial charge in [0, 0.05) is 43.3 Å². The van der Waals surface area contributed by atoms with Gasteiger partial charge in [-0.25, -0.2) is 18.4 Å². The highest BCUT2D eigenvalue weighted by atomic mass is 32.2. The van der Waals surface area contributed by atoms with E-state index in [9.17, 15) is 8.42 Å². The van der Waals surface area contributed by atoms with Gasteiger partial charge in [-0.05, 0) is 55.5 Å². The van der Waals surface area contributed by atoms with E-state index in [1.54, 1.807) is 38.5 Å². The van der Waals surface area contributed by atoms with Crippen molar-refractivity contribution in [2.45, 2.75) is 17.9 Å². The van der Waals surface area contributed by atoms with E-state index in [-0.39, 0.29) is 10.9 Å². The maximum atomic E-state index is 13.2. The molecule has 0 radical (unpaired) electrons. The fraction of sp³-hybridized carbons (Fsp3) is 0.286. The van der Waals surface area contributed by atoms with Crippen molar-refractivity contribution in [3.05, 3.63) is 78.6 Å². The summed E-state index contributed by atoms with van der Waals surface area (Å²) in [5.41, 5.74) is 1.71. The first-order valence-corrected chi connectivity index (χ1v) is 13.9. The minimum atomic E-state index is -3.58. The first-order chi connectivity index (χ1) is 18.4. The summed E-state index contributed by atoms with van der Waals surface area (Å²) in [5, 5.41) is 4.35. The number of sulfonamides is 1. The molecule has 3 aromatic carbocycles. The van der Waals surface area contributed by atoms with E-state index >= 15 is 0 Å². The third kappa shape index (κ3) is 5.28. The summed E-state index contributed by atoms with van der Waals surface area (Å²) in [5.74, 6) is 2.77. The molecule has 4 aromatic rings. The summed E-state index contributed by atoms with van der Waals surface area (Å²) in [6, 6.07) is 22.0. The fourth-order valence-corrected chi connectivity index (χ4v) is 6.03. The molecule has 2 heterocycles. The summed E-state index contributed by atoms with van der Waals surface area (Å²) < 4.78 is 38.4. The third-order valence-electron chi connectivity index (χ3n) is 6.84. The Morgan fingerprint density at radius 1 is 0.842 bits per heavy atom. The van der Waals surface area contributed by atoms with E-state index in [1.807, 2.05) is 48.5 Å². The van der Waals surface area contributed by atoms with Crippen molar-refractivity contribution in [3.63, 3.8) is 0 Å². The van der Waals surface area contributed by atoms with Gasteiger partial charge in [0.1, 0.15) is 23.1 Å². The molecule has 1 aliphatic heterocycles. The molecule has 1 atom stereocenters. The zero-order valence-corrected chi connectivity index (χ0v) is 22.5. The zero-order valence-electron chi connectivity index (χ0n) is 21.7. The van der Waals surface area contributed by atoms with Gasteiger partial charge in [-0.2, -0.15) is 4.31 Å².